The molecule has 0 atom stereocenters. The van der Waals surface area contributed by atoms with E-state index < -0.39 is 0 Å². The minimum absolute atomic E-state index is 0.119. The molecule has 0 bridgehead atoms. The van der Waals surface area contributed by atoms with Gasteiger partial charge >= 0.3 is 0 Å². The Morgan fingerprint density at radius 1 is 1.19 bits per heavy atom. The highest BCUT2D eigenvalue weighted by molar-refractivity contribution is 4.89. The summed E-state index contributed by atoms with van der Waals surface area (Å²) in [5, 5.41) is 9.00. The zero-order chi connectivity index (χ0) is 12.4. The summed E-state index contributed by atoms with van der Waals surface area (Å²) in [6.45, 7) is 12.1. The van der Waals surface area contributed by atoms with Crippen LogP contribution in [0, 0.1) is 0 Å². The van der Waals surface area contributed by atoms with Crippen molar-refractivity contribution in [2.45, 2.75) is 45.6 Å². The van der Waals surface area contributed by atoms with Crippen molar-refractivity contribution in [1.29, 1.82) is 0 Å². The van der Waals surface area contributed by atoms with Gasteiger partial charge in [0.25, 0.3) is 0 Å². The number of allylic oxidation sites excluding steroid dienone is 2. The van der Waals surface area contributed by atoms with Gasteiger partial charge in [0.2, 0.25) is 0 Å². The first-order chi connectivity index (χ1) is 7.52. The molecule has 1 N–H and O–H groups in total. The molecule has 0 aliphatic carbocycles. The van der Waals surface area contributed by atoms with Crippen molar-refractivity contribution in [3.63, 3.8) is 0 Å². The van der Waals surface area contributed by atoms with Gasteiger partial charge in [0.15, 0.2) is 0 Å². The molecule has 2 nitrogen and oxygen atoms in total. The zero-order valence-corrected chi connectivity index (χ0v) is 11.1. The van der Waals surface area contributed by atoms with Crippen molar-refractivity contribution in [3.05, 3.63) is 24.8 Å². The fourth-order valence-electron chi connectivity index (χ4n) is 1.52. The fourth-order valence-corrected chi connectivity index (χ4v) is 1.52. The lowest BCUT2D eigenvalue weighted by molar-refractivity contribution is 0.120. The molecule has 0 amide bonds. The van der Waals surface area contributed by atoms with Crippen LogP contribution in [0.2, 0.25) is 0 Å². The number of β-amino-alcohol motifs (C(OH)–C–C–N with tert-alkyl or cyclic N) is 1. The second kappa shape index (κ2) is 8.54. The monoisotopic (exact) mass is 225 g/mol. The van der Waals surface area contributed by atoms with Gasteiger partial charge in [-0.2, -0.15) is 0 Å². The number of hydrogen-bond donors (Lipinski definition) is 1. The van der Waals surface area contributed by atoms with Gasteiger partial charge in [-0.15, -0.1) is 6.58 Å². The van der Waals surface area contributed by atoms with E-state index in [4.69, 9.17) is 5.11 Å². The maximum absolute atomic E-state index is 9.00. The summed E-state index contributed by atoms with van der Waals surface area (Å²) in [5.41, 5.74) is 0.119. The van der Waals surface area contributed by atoms with Crippen molar-refractivity contribution in [2.75, 3.05) is 19.7 Å². The predicted molar refractivity (Wildman–Crippen MR) is 71.6 cm³/mol. The average Bonchev–Trinajstić information content (AvgIpc) is 2.20. The molecule has 0 saturated carbocycles. The number of unbranched alkanes of at least 4 members (excludes halogenated alkanes) is 2. The van der Waals surface area contributed by atoms with E-state index in [9.17, 15) is 0 Å². The molecule has 0 unspecified atom stereocenters. The van der Waals surface area contributed by atoms with E-state index in [-0.39, 0.29) is 12.1 Å². The Balaban J connectivity index is 3.88. The molecule has 0 aromatic heterocycles. The van der Waals surface area contributed by atoms with Crippen molar-refractivity contribution >= 4 is 0 Å². The molecule has 0 rings (SSSR count). The Morgan fingerprint density at radius 2 is 1.88 bits per heavy atom. The van der Waals surface area contributed by atoms with Crippen LogP contribution in [0.5, 0.6) is 0 Å². The van der Waals surface area contributed by atoms with Crippen molar-refractivity contribution in [2.24, 2.45) is 0 Å². The highest BCUT2D eigenvalue weighted by atomic mass is 16.3. The summed E-state index contributed by atoms with van der Waals surface area (Å²) in [4.78, 5) is 2.27. The predicted octanol–water partition coefficient (Wildman–Crippen LogP) is 2.99. The van der Waals surface area contributed by atoms with Crippen LogP contribution in [-0.4, -0.2) is 35.2 Å². The van der Waals surface area contributed by atoms with Gasteiger partial charge in [0.05, 0.1) is 6.61 Å². The Kier molecular flexibility index (Phi) is 8.22. The van der Waals surface area contributed by atoms with Crippen LogP contribution in [0.1, 0.15) is 40.0 Å². The van der Waals surface area contributed by atoms with Crippen molar-refractivity contribution < 1.29 is 5.11 Å². The van der Waals surface area contributed by atoms with Crippen LogP contribution in [0.3, 0.4) is 0 Å². The SMILES string of the molecule is C=CCCC/C=C/CN(CCO)C(C)(C)C. The number of aliphatic hydroxyl groups is 1. The normalized spacial score (nSPS) is 12.6. The smallest absolute Gasteiger partial charge is 0.0558 e. The number of nitrogens with zero attached hydrogens (tertiary/aromatic N) is 1. The molecule has 0 aliphatic heterocycles. The van der Waals surface area contributed by atoms with Gasteiger partial charge in [-0.3, -0.25) is 4.90 Å². The van der Waals surface area contributed by atoms with Gasteiger partial charge < -0.3 is 5.11 Å². The Bertz CT molecular complexity index is 203. The van der Waals surface area contributed by atoms with E-state index in [1.54, 1.807) is 0 Å². The molecule has 0 aromatic carbocycles. The molecule has 94 valence electrons. The molecule has 16 heavy (non-hydrogen) atoms. The minimum atomic E-state index is 0.119. The molecular weight excluding hydrogens is 198 g/mol. The zero-order valence-electron chi connectivity index (χ0n) is 11.1. The fraction of sp³-hybridized carbons (Fsp3) is 0.714. The first-order valence-electron chi connectivity index (χ1n) is 6.14. The van der Waals surface area contributed by atoms with E-state index in [1.807, 2.05) is 6.08 Å². The summed E-state index contributed by atoms with van der Waals surface area (Å²) >= 11 is 0. The molecule has 2 heteroatoms. The molecular formula is C14H27NO. The maximum atomic E-state index is 9.00. The lowest BCUT2D eigenvalue weighted by Crippen LogP contribution is -2.43. The lowest BCUT2D eigenvalue weighted by atomic mass is 10.1. The molecule has 0 aliphatic rings. The minimum Gasteiger partial charge on any atom is -0.395 e. The highest BCUT2D eigenvalue weighted by Crippen LogP contribution is 2.12. The van der Waals surface area contributed by atoms with E-state index in [2.05, 4.69) is 44.4 Å². The second-order valence-electron chi connectivity index (χ2n) is 5.03. The van der Waals surface area contributed by atoms with E-state index in [0.29, 0.717) is 0 Å². The average molecular weight is 225 g/mol. The van der Waals surface area contributed by atoms with Crippen LogP contribution in [0.15, 0.2) is 24.8 Å². The van der Waals surface area contributed by atoms with E-state index >= 15 is 0 Å². The van der Waals surface area contributed by atoms with Gasteiger partial charge in [0.1, 0.15) is 0 Å². The quantitative estimate of drug-likeness (QED) is 0.507. The second-order valence-corrected chi connectivity index (χ2v) is 5.03. The summed E-state index contributed by atoms with van der Waals surface area (Å²) in [6, 6.07) is 0. The summed E-state index contributed by atoms with van der Waals surface area (Å²) in [5.74, 6) is 0. The third-order valence-corrected chi connectivity index (χ3v) is 2.59. The molecule has 0 fully saturated rings. The van der Waals surface area contributed by atoms with E-state index in [0.717, 1.165) is 25.9 Å². The molecule has 0 radical (unpaired) electrons. The first-order valence-corrected chi connectivity index (χ1v) is 6.14. The first kappa shape index (κ1) is 15.4. The summed E-state index contributed by atoms with van der Waals surface area (Å²) in [6.07, 6.45) is 9.76. The maximum Gasteiger partial charge on any atom is 0.0558 e. The Morgan fingerprint density at radius 3 is 2.38 bits per heavy atom. The summed E-state index contributed by atoms with van der Waals surface area (Å²) < 4.78 is 0. The Labute approximate surface area is 101 Å². The molecule has 0 heterocycles. The van der Waals surface area contributed by atoms with Gasteiger partial charge in [-0.1, -0.05) is 18.2 Å². The van der Waals surface area contributed by atoms with Crippen LogP contribution in [-0.2, 0) is 0 Å². The third-order valence-electron chi connectivity index (χ3n) is 2.59. The topological polar surface area (TPSA) is 23.5 Å². The number of hydrogen-bond acceptors (Lipinski definition) is 2. The Hall–Kier alpha value is -0.600. The largest absolute Gasteiger partial charge is 0.395 e. The molecule has 0 spiro atoms. The van der Waals surface area contributed by atoms with Crippen molar-refractivity contribution in [1.82, 2.24) is 4.90 Å². The van der Waals surface area contributed by atoms with Gasteiger partial charge in [-0.25, -0.2) is 0 Å². The molecule has 0 aromatic rings. The van der Waals surface area contributed by atoms with E-state index in [1.165, 1.54) is 6.42 Å². The van der Waals surface area contributed by atoms with Crippen LogP contribution < -0.4 is 0 Å². The van der Waals surface area contributed by atoms with Crippen LogP contribution >= 0.6 is 0 Å². The van der Waals surface area contributed by atoms with Crippen molar-refractivity contribution in [3.8, 4) is 0 Å². The van der Waals surface area contributed by atoms with Gasteiger partial charge in [0, 0.05) is 18.6 Å². The van der Waals surface area contributed by atoms with Crippen LogP contribution in [0.25, 0.3) is 0 Å². The van der Waals surface area contributed by atoms with Crippen LogP contribution in [0.4, 0.5) is 0 Å². The standard InChI is InChI=1S/C14H27NO/c1-5-6-7-8-9-10-11-15(12-13-16)14(2,3)4/h5,9-10,16H,1,6-8,11-13H2,2-4H3/b10-9+. The number of rotatable bonds is 8. The third kappa shape index (κ3) is 7.66. The lowest BCUT2D eigenvalue weighted by Gasteiger charge is -2.34. The number of aliphatic hydroxyl groups excluding tert-OH is 1. The van der Waals surface area contributed by atoms with Gasteiger partial charge in [-0.05, 0) is 40.0 Å². The molecule has 0 saturated heterocycles. The summed E-state index contributed by atoms with van der Waals surface area (Å²) in [7, 11) is 0. The highest BCUT2D eigenvalue weighted by Gasteiger charge is 2.18.